The van der Waals surface area contributed by atoms with E-state index < -0.39 is 0 Å². The number of pyridine rings is 1. The lowest BCUT2D eigenvalue weighted by molar-refractivity contribution is 0.0690. The Kier molecular flexibility index (Phi) is 5.44. The number of hydrogen-bond donors (Lipinski definition) is 0. The smallest absolute Gasteiger partial charge is 0.289 e. The molecule has 1 fully saturated rings. The van der Waals surface area contributed by atoms with Gasteiger partial charge in [-0.25, -0.2) is 4.98 Å². The zero-order valence-electron chi connectivity index (χ0n) is 15.9. The van der Waals surface area contributed by atoms with E-state index in [-0.39, 0.29) is 11.8 Å². The van der Waals surface area contributed by atoms with E-state index in [0.717, 1.165) is 41.4 Å². The lowest BCUT2D eigenvalue weighted by atomic mass is 9.93. The van der Waals surface area contributed by atoms with Crippen LogP contribution in [0.25, 0.3) is 0 Å². The molecular formula is C22H23ClN4O. The fourth-order valence-electron chi connectivity index (χ4n) is 3.78. The number of hydrogen-bond acceptors (Lipinski definition) is 3. The summed E-state index contributed by atoms with van der Waals surface area (Å²) < 4.78 is 1.77. The molecule has 1 amide bonds. The van der Waals surface area contributed by atoms with Crippen molar-refractivity contribution in [3.8, 4) is 0 Å². The molecule has 28 heavy (non-hydrogen) atoms. The molecule has 0 radical (unpaired) electrons. The van der Waals surface area contributed by atoms with Crippen molar-refractivity contribution >= 4 is 17.5 Å². The van der Waals surface area contributed by atoms with E-state index in [4.69, 9.17) is 16.6 Å². The Morgan fingerprint density at radius 2 is 2.07 bits per heavy atom. The number of nitrogens with zero attached hydrogens (tertiary/aromatic N) is 4. The molecule has 1 saturated heterocycles. The Bertz CT molecular complexity index is 984. The van der Waals surface area contributed by atoms with Crippen LogP contribution in [0.15, 0.2) is 54.9 Å². The van der Waals surface area contributed by atoms with Gasteiger partial charge in [0.25, 0.3) is 5.91 Å². The van der Waals surface area contributed by atoms with Crippen LogP contribution >= 0.6 is 11.6 Å². The standard InChI is InChI=1S/C22H23ClN4O/c1-26-13-11-24-21(26)22(28)27-12-5-7-17(15-27)20-10-4-8-18(25-20)14-16-6-2-3-9-19(16)23/h2-4,6,8-11,13,17H,5,7,12,14-15H2,1H3. The first-order valence-corrected chi connectivity index (χ1v) is 9.95. The maximum atomic E-state index is 12.8. The largest absolute Gasteiger partial charge is 0.335 e. The first-order chi connectivity index (χ1) is 13.6. The Balaban J connectivity index is 1.50. The van der Waals surface area contributed by atoms with Gasteiger partial charge in [-0.15, -0.1) is 0 Å². The van der Waals surface area contributed by atoms with E-state index >= 15 is 0 Å². The number of halogens is 1. The lowest BCUT2D eigenvalue weighted by Gasteiger charge is -2.32. The highest BCUT2D eigenvalue weighted by Crippen LogP contribution is 2.27. The van der Waals surface area contributed by atoms with Crippen molar-refractivity contribution in [3.63, 3.8) is 0 Å². The first kappa shape index (κ1) is 18.7. The molecule has 0 saturated carbocycles. The van der Waals surface area contributed by atoms with Gasteiger partial charge in [0, 0.05) is 61.3 Å². The molecule has 0 spiro atoms. The summed E-state index contributed by atoms with van der Waals surface area (Å²) >= 11 is 6.30. The quantitative estimate of drug-likeness (QED) is 0.670. The highest BCUT2D eigenvalue weighted by Gasteiger charge is 2.28. The summed E-state index contributed by atoms with van der Waals surface area (Å²) in [5.74, 6) is 0.717. The van der Waals surface area contributed by atoms with Gasteiger partial charge < -0.3 is 9.47 Å². The monoisotopic (exact) mass is 394 g/mol. The van der Waals surface area contributed by atoms with Crippen LogP contribution in [0.5, 0.6) is 0 Å². The molecule has 1 aromatic carbocycles. The van der Waals surface area contributed by atoms with Gasteiger partial charge in [-0.3, -0.25) is 9.78 Å². The normalized spacial score (nSPS) is 16.9. The Hall–Kier alpha value is -2.66. The second-order valence-electron chi connectivity index (χ2n) is 7.27. The maximum absolute atomic E-state index is 12.8. The first-order valence-electron chi connectivity index (χ1n) is 9.57. The Morgan fingerprint density at radius 1 is 1.21 bits per heavy atom. The van der Waals surface area contributed by atoms with Crippen molar-refractivity contribution in [2.75, 3.05) is 13.1 Å². The third kappa shape index (κ3) is 3.94. The van der Waals surface area contributed by atoms with Gasteiger partial charge in [0.2, 0.25) is 0 Å². The van der Waals surface area contributed by atoms with E-state index in [1.807, 2.05) is 48.3 Å². The summed E-state index contributed by atoms with van der Waals surface area (Å²) in [7, 11) is 1.85. The zero-order chi connectivity index (χ0) is 19.5. The summed E-state index contributed by atoms with van der Waals surface area (Å²) in [6, 6.07) is 14.0. The van der Waals surface area contributed by atoms with Crippen LogP contribution < -0.4 is 0 Å². The Morgan fingerprint density at radius 3 is 2.86 bits per heavy atom. The van der Waals surface area contributed by atoms with Crippen LogP contribution in [-0.4, -0.2) is 38.4 Å². The number of piperidine rings is 1. The molecule has 144 valence electrons. The van der Waals surface area contributed by atoms with Crippen LogP contribution in [0.3, 0.4) is 0 Å². The molecule has 5 nitrogen and oxygen atoms in total. The SMILES string of the molecule is Cn1ccnc1C(=O)N1CCCC(c2cccc(Cc3ccccc3Cl)n2)C1. The highest BCUT2D eigenvalue weighted by molar-refractivity contribution is 6.31. The van der Waals surface area contributed by atoms with Gasteiger partial charge in [0.1, 0.15) is 0 Å². The number of imidazole rings is 1. The predicted octanol–water partition coefficient (Wildman–Crippen LogP) is 4.08. The molecular weight excluding hydrogens is 372 g/mol. The molecule has 1 atom stereocenters. The van der Waals surface area contributed by atoms with Gasteiger partial charge in [-0.05, 0) is 36.6 Å². The number of carbonyl (C=O) groups excluding carboxylic acids is 1. The van der Waals surface area contributed by atoms with Gasteiger partial charge in [0.15, 0.2) is 5.82 Å². The average Bonchev–Trinajstić information content (AvgIpc) is 3.15. The number of rotatable bonds is 4. The van der Waals surface area contributed by atoms with E-state index in [0.29, 0.717) is 18.8 Å². The number of aromatic nitrogens is 3. The van der Waals surface area contributed by atoms with Crippen molar-refractivity contribution in [1.82, 2.24) is 19.4 Å². The fourth-order valence-corrected chi connectivity index (χ4v) is 3.98. The topological polar surface area (TPSA) is 51.0 Å². The van der Waals surface area contributed by atoms with Crippen molar-refractivity contribution in [2.24, 2.45) is 7.05 Å². The highest BCUT2D eigenvalue weighted by atomic mass is 35.5. The molecule has 1 aliphatic rings. The molecule has 0 bridgehead atoms. The Labute approximate surface area is 170 Å². The van der Waals surface area contributed by atoms with Crippen LogP contribution in [0.2, 0.25) is 5.02 Å². The maximum Gasteiger partial charge on any atom is 0.289 e. The number of aryl methyl sites for hydroxylation is 1. The molecule has 4 rings (SSSR count). The summed E-state index contributed by atoms with van der Waals surface area (Å²) in [6.07, 6.45) is 6.17. The lowest BCUT2D eigenvalue weighted by Crippen LogP contribution is -2.40. The van der Waals surface area contributed by atoms with E-state index in [9.17, 15) is 4.79 Å². The fraction of sp³-hybridized carbons (Fsp3) is 0.318. The molecule has 0 aliphatic carbocycles. The number of amides is 1. The van der Waals surface area contributed by atoms with Crippen LogP contribution in [0.1, 0.15) is 46.3 Å². The molecule has 1 unspecified atom stereocenters. The summed E-state index contributed by atoms with van der Waals surface area (Å²) in [5.41, 5.74) is 3.11. The second kappa shape index (κ2) is 8.15. The van der Waals surface area contributed by atoms with Gasteiger partial charge in [0.05, 0.1) is 0 Å². The molecule has 1 aliphatic heterocycles. The van der Waals surface area contributed by atoms with Crippen LogP contribution in [0.4, 0.5) is 0 Å². The minimum absolute atomic E-state index is 0.00979. The number of benzene rings is 1. The molecule has 3 heterocycles. The average molecular weight is 395 g/mol. The minimum Gasteiger partial charge on any atom is -0.335 e. The molecule has 6 heteroatoms. The molecule has 0 N–H and O–H groups in total. The van der Waals surface area contributed by atoms with Crippen LogP contribution in [-0.2, 0) is 13.5 Å². The van der Waals surface area contributed by atoms with E-state index in [1.165, 1.54) is 0 Å². The van der Waals surface area contributed by atoms with Crippen molar-refractivity contribution in [3.05, 3.63) is 82.7 Å². The second-order valence-corrected chi connectivity index (χ2v) is 7.68. The van der Waals surface area contributed by atoms with Gasteiger partial charge in [-0.1, -0.05) is 35.9 Å². The molecule has 2 aromatic heterocycles. The minimum atomic E-state index is -0.00979. The molecule has 3 aromatic rings. The predicted molar refractivity (Wildman–Crippen MR) is 110 cm³/mol. The van der Waals surface area contributed by atoms with Gasteiger partial charge in [-0.2, -0.15) is 0 Å². The van der Waals surface area contributed by atoms with Crippen molar-refractivity contribution in [1.29, 1.82) is 0 Å². The van der Waals surface area contributed by atoms with Gasteiger partial charge >= 0.3 is 0 Å². The van der Waals surface area contributed by atoms with Crippen molar-refractivity contribution in [2.45, 2.75) is 25.2 Å². The third-order valence-electron chi connectivity index (χ3n) is 5.30. The summed E-state index contributed by atoms with van der Waals surface area (Å²) in [4.78, 5) is 23.8. The third-order valence-corrected chi connectivity index (χ3v) is 5.67. The van der Waals surface area contributed by atoms with E-state index in [2.05, 4.69) is 11.1 Å². The number of likely N-dealkylation sites (tertiary alicyclic amines) is 1. The summed E-state index contributed by atoms with van der Waals surface area (Å²) in [6.45, 7) is 1.44. The van der Waals surface area contributed by atoms with Crippen molar-refractivity contribution < 1.29 is 4.79 Å². The van der Waals surface area contributed by atoms with Crippen LogP contribution in [0, 0.1) is 0 Å². The zero-order valence-corrected chi connectivity index (χ0v) is 16.6. The van der Waals surface area contributed by atoms with E-state index in [1.54, 1.807) is 17.0 Å². The number of carbonyl (C=O) groups is 1. The summed E-state index contributed by atoms with van der Waals surface area (Å²) in [5, 5.41) is 0.763.